The molecule has 3 aromatic rings. The quantitative estimate of drug-likeness (QED) is 0.527. The Morgan fingerprint density at radius 1 is 1.00 bits per heavy atom. The summed E-state index contributed by atoms with van der Waals surface area (Å²) in [6.07, 6.45) is 6.89. The monoisotopic (exact) mass is 390 g/mol. The molecule has 1 amide bonds. The van der Waals surface area contributed by atoms with Crippen LogP contribution in [0.25, 0.3) is 21.8 Å². The van der Waals surface area contributed by atoms with Crippen LogP contribution in [-0.4, -0.2) is 10.9 Å². The zero-order valence-electron chi connectivity index (χ0n) is 16.3. The Morgan fingerprint density at radius 2 is 1.71 bits per heavy atom. The summed E-state index contributed by atoms with van der Waals surface area (Å²) < 4.78 is 0. The molecule has 28 heavy (non-hydrogen) atoms. The highest BCUT2D eigenvalue weighted by molar-refractivity contribution is 7.15. The van der Waals surface area contributed by atoms with E-state index in [1.54, 1.807) is 11.3 Å². The molecule has 4 rings (SSSR count). The van der Waals surface area contributed by atoms with Crippen molar-refractivity contribution >= 4 is 22.9 Å². The van der Waals surface area contributed by atoms with Gasteiger partial charge in [0.2, 0.25) is 5.91 Å². The SMILES string of the molecule is Cc1sc(-c2ccccc2)nc1-c1ccc(NC(=O)CC2CCCCC2)cc1. The van der Waals surface area contributed by atoms with Gasteiger partial charge in [0.05, 0.1) is 5.69 Å². The van der Waals surface area contributed by atoms with Crippen LogP contribution in [0.3, 0.4) is 0 Å². The first-order valence-corrected chi connectivity index (χ1v) is 10.9. The van der Waals surface area contributed by atoms with Gasteiger partial charge in [-0.1, -0.05) is 61.7 Å². The number of rotatable bonds is 5. The maximum absolute atomic E-state index is 12.3. The molecule has 1 aromatic heterocycles. The van der Waals surface area contributed by atoms with Gasteiger partial charge in [0.1, 0.15) is 5.01 Å². The molecule has 1 heterocycles. The molecule has 0 atom stereocenters. The van der Waals surface area contributed by atoms with E-state index >= 15 is 0 Å². The van der Waals surface area contributed by atoms with E-state index in [1.807, 2.05) is 42.5 Å². The average molecular weight is 391 g/mol. The van der Waals surface area contributed by atoms with Crippen molar-refractivity contribution < 1.29 is 4.79 Å². The Kier molecular flexibility index (Phi) is 5.87. The lowest BCUT2D eigenvalue weighted by molar-refractivity contribution is -0.117. The van der Waals surface area contributed by atoms with Crippen LogP contribution in [0.4, 0.5) is 5.69 Å². The minimum absolute atomic E-state index is 0.135. The number of anilines is 1. The number of carbonyl (C=O) groups is 1. The fourth-order valence-electron chi connectivity index (χ4n) is 3.95. The second-order valence-electron chi connectivity index (χ2n) is 7.62. The molecule has 0 saturated heterocycles. The predicted octanol–water partition coefficient (Wildman–Crippen LogP) is 6.69. The summed E-state index contributed by atoms with van der Waals surface area (Å²) in [5.74, 6) is 0.693. The third-order valence-electron chi connectivity index (χ3n) is 5.46. The zero-order chi connectivity index (χ0) is 19.3. The number of hydrogen-bond acceptors (Lipinski definition) is 3. The molecule has 0 bridgehead atoms. The van der Waals surface area contributed by atoms with Crippen molar-refractivity contribution in [2.45, 2.75) is 45.4 Å². The number of carbonyl (C=O) groups excluding carboxylic acids is 1. The van der Waals surface area contributed by atoms with Gasteiger partial charge in [-0.3, -0.25) is 4.79 Å². The Balaban J connectivity index is 1.43. The molecule has 0 aliphatic heterocycles. The molecule has 0 spiro atoms. The third-order valence-corrected chi connectivity index (χ3v) is 6.48. The first-order chi connectivity index (χ1) is 13.7. The number of hydrogen-bond donors (Lipinski definition) is 1. The summed E-state index contributed by atoms with van der Waals surface area (Å²) >= 11 is 1.72. The van der Waals surface area contributed by atoms with Gasteiger partial charge in [0.15, 0.2) is 0 Å². The number of nitrogens with zero attached hydrogens (tertiary/aromatic N) is 1. The van der Waals surface area contributed by atoms with Crippen LogP contribution in [0, 0.1) is 12.8 Å². The summed E-state index contributed by atoms with van der Waals surface area (Å²) in [7, 11) is 0. The van der Waals surface area contributed by atoms with Crippen LogP contribution in [0.1, 0.15) is 43.4 Å². The van der Waals surface area contributed by atoms with Crippen molar-refractivity contribution in [1.82, 2.24) is 4.98 Å². The minimum atomic E-state index is 0.135. The molecule has 0 radical (unpaired) electrons. The maximum atomic E-state index is 12.3. The smallest absolute Gasteiger partial charge is 0.224 e. The van der Waals surface area contributed by atoms with Gasteiger partial charge >= 0.3 is 0 Å². The summed E-state index contributed by atoms with van der Waals surface area (Å²) in [6.45, 7) is 2.11. The van der Waals surface area contributed by atoms with Crippen molar-refractivity contribution in [1.29, 1.82) is 0 Å². The number of aryl methyl sites for hydroxylation is 1. The molecule has 1 saturated carbocycles. The summed E-state index contributed by atoms with van der Waals surface area (Å²) in [5.41, 5.74) is 4.11. The molecule has 3 nitrogen and oxygen atoms in total. The van der Waals surface area contributed by atoms with Gasteiger partial charge in [-0.15, -0.1) is 11.3 Å². The Hall–Kier alpha value is -2.46. The maximum Gasteiger partial charge on any atom is 0.224 e. The molecule has 144 valence electrons. The van der Waals surface area contributed by atoms with Crippen molar-refractivity contribution in [3.05, 3.63) is 59.5 Å². The van der Waals surface area contributed by atoms with E-state index in [0.29, 0.717) is 12.3 Å². The lowest BCUT2D eigenvalue weighted by atomic mass is 9.87. The second-order valence-corrected chi connectivity index (χ2v) is 8.83. The highest BCUT2D eigenvalue weighted by Crippen LogP contribution is 2.33. The van der Waals surface area contributed by atoms with E-state index in [0.717, 1.165) is 27.5 Å². The second kappa shape index (κ2) is 8.70. The fraction of sp³-hybridized carbons (Fsp3) is 0.333. The summed E-state index contributed by atoms with van der Waals surface area (Å²) in [4.78, 5) is 18.4. The van der Waals surface area contributed by atoms with Crippen molar-refractivity contribution in [3.63, 3.8) is 0 Å². The zero-order valence-corrected chi connectivity index (χ0v) is 17.1. The number of nitrogens with one attached hydrogen (secondary N) is 1. The van der Waals surface area contributed by atoms with E-state index in [2.05, 4.69) is 24.4 Å². The van der Waals surface area contributed by atoms with E-state index < -0.39 is 0 Å². The number of benzene rings is 2. The van der Waals surface area contributed by atoms with E-state index in [-0.39, 0.29) is 5.91 Å². The first kappa shape index (κ1) is 18.9. The number of aromatic nitrogens is 1. The van der Waals surface area contributed by atoms with E-state index in [4.69, 9.17) is 4.98 Å². The van der Waals surface area contributed by atoms with Gasteiger partial charge in [-0.25, -0.2) is 4.98 Å². The van der Waals surface area contributed by atoms with Gasteiger partial charge in [0.25, 0.3) is 0 Å². The molecular formula is C24H26N2OS. The van der Waals surface area contributed by atoms with Crippen molar-refractivity contribution in [2.75, 3.05) is 5.32 Å². The fourth-order valence-corrected chi connectivity index (χ4v) is 4.89. The normalized spacial score (nSPS) is 14.8. The lowest BCUT2D eigenvalue weighted by Crippen LogP contribution is -2.18. The van der Waals surface area contributed by atoms with Gasteiger partial charge in [-0.05, 0) is 37.8 Å². The van der Waals surface area contributed by atoms with Crippen LogP contribution < -0.4 is 5.32 Å². The standard InChI is InChI=1S/C24H26N2OS/c1-17-23(26-24(28-17)20-10-6-3-7-11-20)19-12-14-21(15-13-19)25-22(27)16-18-8-4-2-5-9-18/h3,6-7,10-15,18H,2,4-5,8-9,16H2,1H3,(H,25,27). The predicted molar refractivity (Wildman–Crippen MR) is 118 cm³/mol. The van der Waals surface area contributed by atoms with E-state index in [1.165, 1.54) is 37.0 Å². The van der Waals surface area contributed by atoms with Gasteiger partial charge in [0, 0.05) is 28.1 Å². The van der Waals surface area contributed by atoms with Crippen molar-refractivity contribution in [2.24, 2.45) is 5.92 Å². The Labute approximate surface area is 170 Å². The Bertz CT molecular complexity index is 925. The largest absolute Gasteiger partial charge is 0.326 e. The van der Waals surface area contributed by atoms with Crippen molar-refractivity contribution in [3.8, 4) is 21.8 Å². The molecule has 2 aromatic carbocycles. The first-order valence-electron chi connectivity index (χ1n) is 10.1. The summed E-state index contributed by atoms with van der Waals surface area (Å²) in [6, 6.07) is 18.3. The van der Waals surface area contributed by atoms with Crippen LogP contribution in [0.15, 0.2) is 54.6 Å². The molecule has 1 aliphatic carbocycles. The van der Waals surface area contributed by atoms with Gasteiger partial charge in [-0.2, -0.15) is 0 Å². The minimum Gasteiger partial charge on any atom is -0.326 e. The number of thiazole rings is 1. The van der Waals surface area contributed by atoms with Crippen LogP contribution in [-0.2, 0) is 4.79 Å². The van der Waals surface area contributed by atoms with Gasteiger partial charge < -0.3 is 5.32 Å². The van der Waals surface area contributed by atoms with Crippen LogP contribution in [0.5, 0.6) is 0 Å². The number of amides is 1. The van der Waals surface area contributed by atoms with E-state index in [9.17, 15) is 4.79 Å². The lowest BCUT2D eigenvalue weighted by Gasteiger charge is -2.20. The highest BCUT2D eigenvalue weighted by atomic mass is 32.1. The summed E-state index contributed by atoms with van der Waals surface area (Å²) in [5, 5.41) is 4.10. The molecule has 4 heteroatoms. The highest BCUT2D eigenvalue weighted by Gasteiger charge is 2.17. The Morgan fingerprint density at radius 3 is 2.43 bits per heavy atom. The average Bonchev–Trinajstić information content (AvgIpc) is 3.12. The molecule has 0 unspecified atom stereocenters. The molecule has 1 aliphatic rings. The topological polar surface area (TPSA) is 42.0 Å². The molecular weight excluding hydrogens is 364 g/mol. The third kappa shape index (κ3) is 4.50. The van der Waals surface area contributed by atoms with Crippen LogP contribution in [0.2, 0.25) is 0 Å². The van der Waals surface area contributed by atoms with Crippen LogP contribution >= 0.6 is 11.3 Å². The molecule has 1 fully saturated rings. The molecule has 1 N–H and O–H groups in total.